The van der Waals surface area contributed by atoms with Gasteiger partial charge in [0, 0.05) is 36.3 Å². The van der Waals surface area contributed by atoms with Gasteiger partial charge >= 0.3 is 5.97 Å². The highest BCUT2D eigenvalue weighted by atomic mass is 16.5. The lowest BCUT2D eigenvalue weighted by Gasteiger charge is -2.17. The summed E-state index contributed by atoms with van der Waals surface area (Å²) in [5, 5.41) is 2.81. The van der Waals surface area contributed by atoms with Crippen LogP contribution in [0, 0.1) is 0 Å². The maximum Gasteiger partial charge on any atom is 0.337 e. The van der Waals surface area contributed by atoms with Crippen LogP contribution in [0.25, 0.3) is 5.70 Å². The number of carbonyl (C=O) groups excluding carboxylic acids is 3. The molecular weight excluding hydrogens is 344 g/mol. The normalized spacial score (nSPS) is 12.7. The van der Waals surface area contributed by atoms with Gasteiger partial charge in [0.05, 0.1) is 12.7 Å². The Kier molecular flexibility index (Phi) is 5.35. The third-order valence-corrected chi connectivity index (χ3v) is 4.47. The summed E-state index contributed by atoms with van der Waals surface area (Å²) in [6.45, 7) is 4.58. The van der Waals surface area contributed by atoms with Crippen molar-refractivity contribution in [3.63, 3.8) is 0 Å². The second-order valence-electron chi connectivity index (χ2n) is 6.16. The number of hydrogen-bond donors (Lipinski definition) is 1. The molecule has 1 aliphatic rings. The molecule has 2 amide bonds. The summed E-state index contributed by atoms with van der Waals surface area (Å²) in [6.07, 6.45) is 0.180. The molecule has 2 aromatic carbocycles. The molecule has 6 heteroatoms. The van der Waals surface area contributed by atoms with Gasteiger partial charge in [-0.05, 0) is 23.8 Å². The SMILES string of the molecule is C=C1c2ccccc2C(=O)N1CCC(=O)NCc1ccc(C(=O)OC)cc1. The molecule has 0 atom stereocenters. The van der Waals surface area contributed by atoms with E-state index in [4.69, 9.17) is 0 Å². The third kappa shape index (κ3) is 3.89. The maximum atomic E-state index is 12.4. The monoisotopic (exact) mass is 364 g/mol. The Bertz CT molecular complexity index is 868. The summed E-state index contributed by atoms with van der Waals surface area (Å²) in [5.74, 6) is -0.688. The second-order valence-corrected chi connectivity index (χ2v) is 6.16. The van der Waals surface area contributed by atoms with Gasteiger partial charge in [-0.1, -0.05) is 36.9 Å². The third-order valence-electron chi connectivity index (χ3n) is 4.47. The van der Waals surface area contributed by atoms with Crippen LogP contribution in [0.1, 0.15) is 38.3 Å². The van der Waals surface area contributed by atoms with E-state index in [-0.39, 0.29) is 24.8 Å². The molecule has 27 heavy (non-hydrogen) atoms. The fourth-order valence-electron chi connectivity index (χ4n) is 2.95. The van der Waals surface area contributed by atoms with E-state index in [2.05, 4.69) is 16.6 Å². The molecule has 1 aliphatic heterocycles. The number of nitrogens with one attached hydrogen (secondary N) is 1. The smallest absolute Gasteiger partial charge is 0.337 e. The molecule has 0 bridgehead atoms. The van der Waals surface area contributed by atoms with Gasteiger partial charge in [-0.15, -0.1) is 0 Å². The van der Waals surface area contributed by atoms with Gasteiger partial charge in [-0.2, -0.15) is 0 Å². The van der Waals surface area contributed by atoms with E-state index in [1.54, 1.807) is 30.3 Å². The largest absolute Gasteiger partial charge is 0.465 e. The predicted octanol–water partition coefficient (Wildman–Crippen LogP) is 2.61. The van der Waals surface area contributed by atoms with Crippen molar-refractivity contribution in [3.8, 4) is 0 Å². The number of benzene rings is 2. The van der Waals surface area contributed by atoms with E-state index in [0.29, 0.717) is 23.4 Å². The zero-order valence-corrected chi connectivity index (χ0v) is 15.0. The van der Waals surface area contributed by atoms with Crippen molar-refractivity contribution in [3.05, 3.63) is 77.4 Å². The molecule has 0 saturated carbocycles. The summed E-state index contributed by atoms with van der Waals surface area (Å²) < 4.78 is 4.65. The summed E-state index contributed by atoms with van der Waals surface area (Å²) in [4.78, 5) is 37.5. The molecule has 1 heterocycles. The first-order chi connectivity index (χ1) is 13.0. The van der Waals surface area contributed by atoms with E-state index in [1.165, 1.54) is 12.0 Å². The summed E-state index contributed by atoms with van der Waals surface area (Å²) in [5.41, 5.74) is 3.38. The Morgan fingerprint density at radius 3 is 2.37 bits per heavy atom. The van der Waals surface area contributed by atoms with E-state index >= 15 is 0 Å². The van der Waals surface area contributed by atoms with Gasteiger partial charge < -0.3 is 15.0 Å². The Labute approximate surface area is 157 Å². The Morgan fingerprint density at radius 1 is 1.07 bits per heavy atom. The highest BCUT2D eigenvalue weighted by Crippen LogP contribution is 2.30. The van der Waals surface area contributed by atoms with Gasteiger partial charge in [-0.25, -0.2) is 4.79 Å². The molecule has 138 valence electrons. The second kappa shape index (κ2) is 7.86. The number of amides is 2. The van der Waals surface area contributed by atoms with Crippen molar-refractivity contribution in [2.24, 2.45) is 0 Å². The molecule has 3 rings (SSSR count). The number of hydrogen-bond acceptors (Lipinski definition) is 4. The topological polar surface area (TPSA) is 75.7 Å². The zero-order chi connectivity index (χ0) is 19.4. The lowest BCUT2D eigenvalue weighted by molar-refractivity contribution is -0.121. The fraction of sp³-hybridized carbons (Fsp3) is 0.190. The number of ether oxygens (including phenoxy) is 1. The number of methoxy groups -OCH3 is 1. The average Bonchev–Trinajstić information content (AvgIpc) is 2.95. The highest BCUT2D eigenvalue weighted by molar-refractivity contribution is 6.08. The molecule has 0 aromatic heterocycles. The quantitative estimate of drug-likeness (QED) is 0.800. The van der Waals surface area contributed by atoms with Crippen molar-refractivity contribution in [2.45, 2.75) is 13.0 Å². The van der Waals surface area contributed by atoms with Crippen molar-refractivity contribution in [1.29, 1.82) is 0 Å². The molecule has 2 aromatic rings. The van der Waals surface area contributed by atoms with Crippen LogP contribution in [0.15, 0.2) is 55.1 Å². The highest BCUT2D eigenvalue weighted by Gasteiger charge is 2.30. The molecule has 0 aliphatic carbocycles. The Balaban J connectivity index is 1.50. The van der Waals surface area contributed by atoms with E-state index in [1.807, 2.05) is 18.2 Å². The van der Waals surface area contributed by atoms with Crippen LogP contribution in [0.5, 0.6) is 0 Å². The molecule has 0 radical (unpaired) electrons. The molecule has 0 fully saturated rings. The Hall–Kier alpha value is -3.41. The summed E-state index contributed by atoms with van der Waals surface area (Å²) in [6, 6.07) is 14.1. The summed E-state index contributed by atoms with van der Waals surface area (Å²) in [7, 11) is 1.33. The van der Waals surface area contributed by atoms with Crippen molar-refractivity contribution in [2.75, 3.05) is 13.7 Å². The standard InChI is InChI=1S/C21H20N2O4/c1-14-17-5-3-4-6-18(17)20(25)23(14)12-11-19(24)22-13-15-7-9-16(10-8-15)21(26)27-2/h3-10H,1,11-13H2,2H3,(H,22,24). The minimum absolute atomic E-state index is 0.123. The lowest BCUT2D eigenvalue weighted by atomic mass is 10.1. The first kappa shape index (κ1) is 18.4. The van der Waals surface area contributed by atoms with Crippen LogP contribution >= 0.6 is 0 Å². The van der Waals surface area contributed by atoms with Crippen LogP contribution in [0.3, 0.4) is 0 Å². The predicted molar refractivity (Wildman–Crippen MR) is 101 cm³/mol. The lowest BCUT2D eigenvalue weighted by Crippen LogP contribution is -2.30. The van der Waals surface area contributed by atoms with Crippen LogP contribution in [0.4, 0.5) is 0 Å². The van der Waals surface area contributed by atoms with E-state index in [0.717, 1.165) is 11.1 Å². The average molecular weight is 364 g/mol. The molecule has 1 N–H and O–H groups in total. The molecular formula is C21H20N2O4. The minimum atomic E-state index is -0.401. The van der Waals surface area contributed by atoms with E-state index in [9.17, 15) is 14.4 Å². The van der Waals surface area contributed by atoms with Crippen LogP contribution < -0.4 is 5.32 Å². The van der Waals surface area contributed by atoms with Crippen LogP contribution in [-0.4, -0.2) is 36.3 Å². The summed E-state index contributed by atoms with van der Waals surface area (Å²) >= 11 is 0. The van der Waals surface area contributed by atoms with Gasteiger partial charge in [0.2, 0.25) is 5.91 Å². The Morgan fingerprint density at radius 2 is 1.74 bits per heavy atom. The molecule has 0 unspecified atom stereocenters. The molecule has 6 nitrogen and oxygen atoms in total. The number of fused-ring (bicyclic) bond motifs is 1. The minimum Gasteiger partial charge on any atom is -0.465 e. The van der Waals surface area contributed by atoms with Crippen LogP contribution in [-0.2, 0) is 16.1 Å². The maximum absolute atomic E-state index is 12.4. The first-order valence-corrected chi connectivity index (χ1v) is 8.55. The van der Waals surface area contributed by atoms with E-state index < -0.39 is 5.97 Å². The van der Waals surface area contributed by atoms with Gasteiger partial charge in [0.1, 0.15) is 0 Å². The number of esters is 1. The first-order valence-electron chi connectivity index (χ1n) is 8.55. The fourth-order valence-corrected chi connectivity index (χ4v) is 2.95. The van der Waals surface area contributed by atoms with Crippen molar-refractivity contribution >= 4 is 23.5 Å². The number of carbonyl (C=O) groups is 3. The molecule has 0 saturated heterocycles. The van der Waals surface area contributed by atoms with Crippen molar-refractivity contribution < 1.29 is 19.1 Å². The van der Waals surface area contributed by atoms with Gasteiger partial charge in [0.15, 0.2) is 0 Å². The van der Waals surface area contributed by atoms with Crippen LogP contribution in [0.2, 0.25) is 0 Å². The van der Waals surface area contributed by atoms with Gasteiger partial charge in [0.25, 0.3) is 5.91 Å². The molecule has 0 spiro atoms. The number of rotatable bonds is 6. The number of nitrogens with zero attached hydrogens (tertiary/aromatic N) is 1. The van der Waals surface area contributed by atoms with Crippen molar-refractivity contribution in [1.82, 2.24) is 10.2 Å². The zero-order valence-electron chi connectivity index (χ0n) is 15.0. The van der Waals surface area contributed by atoms with Gasteiger partial charge in [-0.3, -0.25) is 9.59 Å².